The molecule has 26 heavy (non-hydrogen) atoms. The third kappa shape index (κ3) is 3.94. The van der Waals surface area contributed by atoms with Gasteiger partial charge in [-0.25, -0.2) is 4.98 Å². The van der Waals surface area contributed by atoms with Crippen LogP contribution in [0.25, 0.3) is 0 Å². The summed E-state index contributed by atoms with van der Waals surface area (Å²) in [5, 5.41) is 6.68. The zero-order chi connectivity index (χ0) is 18.5. The molecule has 3 aromatic rings. The van der Waals surface area contributed by atoms with Crippen LogP contribution in [0.1, 0.15) is 23.6 Å². The van der Waals surface area contributed by atoms with Gasteiger partial charge in [-0.05, 0) is 55.2 Å². The largest absolute Gasteiger partial charge is 0.495 e. The molecule has 3 rings (SSSR count). The SMILES string of the molecule is CCc1cccc(C)c1Nc1ccnc(Nc2cc(C)ccc2OC)n1. The zero-order valence-corrected chi connectivity index (χ0v) is 15.6. The normalized spacial score (nSPS) is 10.5. The number of ether oxygens (including phenoxy) is 1. The van der Waals surface area contributed by atoms with E-state index >= 15 is 0 Å². The molecule has 0 saturated heterocycles. The molecule has 0 aliphatic heterocycles. The molecule has 2 aromatic carbocycles. The maximum Gasteiger partial charge on any atom is 0.229 e. The number of nitrogens with one attached hydrogen (secondary N) is 2. The van der Waals surface area contributed by atoms with E-state index in [1.165, 1.54) is 11.1 Å². The van der Waals surface area contributed by atoms with Crippen LogP contribution in [-0.4, -0.2) is 17.1 Å². The van der Waals surface area contributed by atoms with Gasteiger partial charge in [0, 0.05) is 11.9 Å². The molecule has 0 spiro atoms. The number of nitrogens with zero attached hydrogens (tertiary/aromatic N) is 2. The van der Waals surface area contributed by atoms with Gasteiger partial charge in [-0.2, -0.15) is 4.98 Å². The van der Waals surface area contributed by atoms with Crippen LogP contribution in [0.2, 0.25) is 0 Å². The van der Waals surface area contributed by atoms with Crippen LogP contribution in [0.15, 0.2) is 48.7 Å². The Morgan fingerprint density at radius 2 is 1.88 bits per heavy atom. The number of benzene rings is 2. The Balaban J connectivity index is 1.87. The van der Waals surface area contributed by atoms with Crippen molar-refractivity contribution in [1.82, 2.24) is 9.97 Å². The molecule has 0 fully saturated rings. The van der Waals surface area contributed by atoms with Gasteiger partial charge in [-0.1, -0.05) is 31.2 Å². The van der Waals surface area contributed by atoms with Gasteiger partial charge in [0.2, 0.25) is 5.95 Å². The van der Waals surface area contributed by atoms with E-state index in [0.29, 0.717) is 5.95 Å². The standard InChI is InChI=1S/C21H24N4O/c1-5-16-8-6-7-15(3)20(16)24-19-11-12-22-21(25-19)23-17-13-14(2)9-10-18(17)26-4/h6-13H,5H2,1-4H3,(H2,22,23,24,25). The average molecular weight is 348 g/mol. The van der Waals surface area contributed by atoms with Gasteiger partial charge >= 0.3 is 0 Å². The van der Waals surface area contributed by atoms with E-state index in [2.05, 4.69) is 52.6 Å². The van der Waals surface area contributed by atoms with Gasteiger partial charge < -0.3 is 15.4 Å². The van der Waals surface area contributed by atoms with Crippen LogP contribution in [0.4, 0.5) is 23.1 Å². The lowest BCUT2D eigenvalue weighted by Crippen LogP contribution is -2.03. The Kier molecular flexibility index (Phi) is 5.37. The third-order valence-corrected chi connectivity index (χ3v) is 4.25. The molecule has 2 N–H and O–H groups in total. The van der Waals surface area contributed by atoms with Crippen molar-refractivity contribution in [2.45, 2.75) is 27.2 Å². The number of hydrogen-bond donors (Lipinski definition) is 2. The zero-order valence-electron chi connectivity index (χ0n) is 15.6. The quantitative estimate of drug-likeness (QED) is 0.645. The molecule has 0 unspecified atom stereocenters. The Hall–Kier alpha value is -3.08. The molecule has 0 saturated carbocycles. The first-order chi connectivity index (χ1) is 12.6. The first-order valence-corrected chi connectivity index (χ1v) is 8.71. The highest BCUT2D eigenvalue weighted by Gasteiger charge is 2.08. The monoisotopic (exact) mass is 348 g/mol. The fourth-order valence-corrected chi connectivity index (χ4v) is 2.86. The maximum absolute atomic E-state index is 5.41. The van der Waals surface area contributed by atoms with Crippen molar-refractivity contribution in [2.75, 3.05) is 17.7 Å². The number of anilines is 4. The number of hydrogen-bond acceptors (Lipinski definition) is 5. The molecule has 1 heterocycles. The molecule has 0 atom stereocenters. The molecule has 5 heteroatoms. The van der Waals surface area contributed by atoms with E-state index in [-0.39, 0.29) is 0 Å². The van der Waals surface area contributed by atoms with Crippen molar-refractivity contribution in [3.63, 3.8) is 0 Å². The molecular formula is C21H24N4O. The number of aryl methyl sites for hydroxylation is 3. The van der Waals surface area contributed by atoms with Crippen LogP contribution in [0.3, 0.4) is 0 Å². The summed E-state index contributed by atoms with van der Waals surface area (Å²) in [4.78, 5) is 8.92. The lowest BCUT2D eigenvalue weighted by molar-refractivity contribution is 0.416. The van der Waals surface area contributed by atoms with Crippen molar-refractivity contribution in [3.05, 3.63) is 65.4 Å². The van der Waals surface area contributed by atoms with E-state index < -0.39 is 0 Å². The van der Waals surface area contributed by atoms with Crippen LogP contribution in [0, 0.1) is 13.8 Å². The highest BCUT2D eigenvalue weighted by atomic mass is 16.5. The molecule has 0 bridgehead atoms. The number of rotatable bonds is 6. The highest BCUT2D eigenvalue weighted by molar-refractivity contribution is 5.67. The van der Waals surface area contributed by atoms with Crippen molar-refractivity contribution in [2.24, 2.45) is 0 Å². The van der Waals surface area contributed by atoms with Gasteiger partial charge in [-0.3, -0.25) is 0 Å². The van der Waals surface area contributed by atoms with Gasteiger partial charge in [0.1, 0.15) is 11.6 Å². The summed E-state index contributed by atoms with van der Waals surface area (Å²) >= 11 is 0. The molecule has 5 nitrogen and oxygen atoms in total. The predicted octanol–water partition coefficient (Wildman–Crippen LogP) is 5.15. The van der Waals surface area contributed by atoms with Gasteiger partial charge in [-0.15, -0.1) is 0 Å². The minimum atomic E-state index is 0.519. The molecule has 0 radical (unpaired) electrons. The summed E-state index contributed by atoms with van der Waals surface area (Å²) in [5.41, 5.74) is 5.54. The van der Waals surface area contributed by atoms with E-state index in [4.69, 9.17) is 4.74 Å². The van der Waals surface area contributed by atoms with E-state index in [1.807, 2.05) is 31.2 Å². The third-order valence-electron chi connectivity index (χ3n) is 4.25. The van der Waals surface area contributed by atoms with Gasteiger partial charge in [0.25, 0.3) is 0 Å². The van der Waals surface area contributed by atoms with Crippen molar-refractivity contribution >= 4 is 23.1 Å². The van der Waals surface area contributed by atoms with Gasteiger partial charge in [0.05, 0.1) is 12.8 Å². The summed E-state index contributed by atoms with van der Waals surface area (Å²) in [7, 11) is 1.65. The number of aromatic nitrogens is 2. The number of methoxy groups -OCH3 is 1. The highest BCUT2D eigenvalue weighted by Crippen LogP contribution is 2.28. The van der Waals surface area contributed by atoms with Crippen molar-refractivity contribution < 1.29 is 4.74 Å². The Labute approximate surface area is 154 Å². The molecule has 134 valence electrons. The average Bonchev–Trinajstić information content (AvgIpc) is 2.64. The second kappa shape index (κ2) is 7.87. The summed E-state index contributed by atoms with van der Waals surface area (Å²) in [6.07, 6.45) is 2.70. The first kappa shape index (κ1) is 17.7. The van der Waals surface area contributed by atoms with Crippen LogP contribution >= 0.6 is 0 Å². The summed E-state index contributed by atoms with van der Waals surface area (Å²) in [6, 6.07) is 14.1. The van der Waals surface area contributed by atoms with Crippen molar-refractivity contribution in [1.29, 1.82) is 0 Å². The predicted molar refractivity (Wildman–Crippen MR) is 107 cm³/mol. The first-order valence-electron chi connectivity index (χ1n) is 8.71. The lowest BCUT2D eigenvalue weighted by Gasteiger charge is -2.15. The minimum Gasteiger partial charge on any atom is -0.495 e. The van der Waals surface area contributed by atoms with E-state index in [0.717, 1.165) is 34.9 Å². The summed E-state index contributed by atoms with van der Waals surface area (Å²) in [5.74, 6) is 2.02. The molecule has 1 aromatic heterocycles. The molecule has 0 aliphatic rings. The van der Waals surface area contributed by atoms with E-state index in [1.54, 1.807) is 13.3 Å². The fraction of sp³-hybridized carbons (Fsp3) is 0.238. The van der Waals surface area contributed by atoms with Crippen molar-refractivity contribution in [3.8, 4) is 5.75 Å². The lowest BCUT2D eigenvalue weighted by atomic mass is 10.1. The second-order valence-electron chi connectivity index (χ2n) is 6.18. The van der Waals surface area contributed by atoms with Crippen LogP contribution in [-0.2, 0) is 6.42 Å². The summed E-state index contributed by atoms with van der Waals surface area (Å²) < 4.78 is 5.41. The fourth-order valence-electron chi connectivity index (χ4n) is 2.86. The minimum absolute atomic E-state index is 0.519. The molecule has 0 amide bonds. The van der Waals surface area contributed by atoms with E-state index in [9.17, 15) is 0 Å². The Morgan fingerprint density at radius 1 is 1.04 bits per heavy atom. The maximum atomic E-state index is 5.41. The smallest absolute Gasteiger partial charge is 0.229 e. The van der Waals surface area contributed by atoms with Crippen LogP contribution < -0.4 is 15.4 Å². The topological polar surface area (TPSA) is 59.1 Å². The molecular weight excluding hydrogens is 324 g/mol. The molecule has 0 aliphatic carbocycles. The summed E-state index contributed by atoms with van der Waals surface area (Å²) in [6.45, 7) is 6.28. The van der Waals surface area contributed by atoms with Gasteiger partial charge in [0.15, 0.2) is 0 Å². The number of para-hydroxylation sites is 1. The Morgan fingerprint density at radius 3 is 2.65 bits per heavy atom. The van der Waals surface area contributed by atoms with Crippen LogP contribution in [0.5, 0.6) is 5.75 Å². The second-order valence-corrected chi connectivity index (χ2v) is 6.18. The Bertz CT molecular complexity index is 908.